The second-order valence-electron chi connectivity index (χ2n) is 8.22. The Kier molecular flexibility index (Phi) is 6.39. The zero-order valence-electron chi connectivity index (χ0n) is 18.1. The quantitative estimate of drug-likeness (QED) is 0.457. The van der Waals surface area contributed by atoms with Crippen molar-refractivity contribution in [2.24, 2.45) is 0 Å². The van der Waals surface area contributed by atoms with Gasteiger partial charge in [-0.3, -0.25) is 0 Å². The summed E-state index contributed by atoms with van der Waals surface area (Å²) >= 11 is 6.28. The second kappa shape index (κ2) is 8.50. The van der Waals surface area contributed by atoms with Crippen LogP contribution in [0.3, 0.4) is 0 Å². The molecule has 0 aliphatic heterocycles. The molecule has 2 aromatic carbocycles. The number of aromatic nitrogens is 3. The van der Waals surface area contributed by atoms with Gasteiger partial charge < -0.3 is 11.1 Å². The van der Waals surface area contributed by atoms with Crippen molar-refractivity contribution in [1.29, 1.82) is 0 Å². The smallest absolute Gasteiger partial charge is 0.368 e. The molecule has 3 rings (SSSR count). The van der Waals surface area contributed by atoms with Crippen molar-refractivity contribution < 1.29 is 21.6 Å². The lowest BCUT2D eigenvalue weighted by molar-refractivity contribution is -0.137. The van der Waals surface area contributed by atoms with Gasteiger partial charge in [-0.25, -0.2) is 13.5 Å². The number of hydrogen-bond donors (Lipinski definition) is 3. The van der Waals surface area contributed by atoms with E-state index in [0.29, 0.717) is 0 Å². The first-order chi connectivity index (χ1) is 15.1. The van der Waals surface area contributed by atoms with Gasteiger partial charge in [-0.05, 0) is 50.6 Å². The summed E-state index contributed by atoms with van der Waals surface area (Å²) in [5.74, 6) is -0.0581. The number of anilines is 3. The number of sulfonamides is 1. The summed E-state index contributed by atoms with van der Waals surface area (Å²) in [6.45, 7) is 5.13. The number of nitrogens with two attached hydrogens (primary N) is 1. The lowest BCUT2D eigenvalue weighted by atomic mass is 9.98. The molecule has 4 N–H and O–H groups in total. The molecule has 0 fully saturated rings. The highest BCUT2D eigenvalue weighted by Gasteiger charge is 2.36. The van der Waals surface area contributed by atoms with Gasteiger partial charge in [0.25, 0.3) is 0 Å². The number of H-pyrrole nitrogens is 1. The van der Waals surface area contributed by atoms with Crippen LogP contribution in [-0.2, 0) is 16.2 Å². The Balaban J connectivity index is 2.14. The van der Waals surface area contributed by atoms with Gasteiger partial charge in [0.1, 0.15) is 0 Å². The monoisotopic (exact) mass is 502 g/mol. The fourth-order valence-corrected chi connectivity index (χ4v) is 4.88. The number of hydrogen-bond acceptors (Lipinski definition) is 6. The minimum absolute atomic E-state index is 0.00407. The van der Waals surface area contributed by atoms with Crippen LogP contribution >= 0.6 is 11.6 Å². The molecule has 8 nitrogen and oxygen atoms in total. The fourth-order valence-electron chi connectivity index (χ4n) is 2.99. The highest BCUT2D eigenvalue weighted by Crippen LogP contribution is 2.43. The predicted molar refractivity (Wildman–Crippen MR) is 121 cm³/mol. The molecular weight excluding hydrogens is 481 g/mol. The Morgan fingerprint density at radius 3 is 2.36 bits per heavy atom. The summed E-state index contributed by atoms with van der Waals surface area (Å²) in [6, 6.07) is 7.35. The van der Waals surface area contributed by atoms with E-state index in [1.165, 1.54) is 37.4 Å². The Morgan fingerprint density at radius 1 is 1.15 bits per heavy atom. The summed E-state index contributed by atoms with van der Waals surface area (Å²) in [5.41, 5.74) is 3.27. The average Bonchev–Trinajstić information content (AvgIpc) is 3.10. The third kappa shape index (κ3) is 5.23. The van der Waals surface area contributed by atoms with Crippen molar-refractivity contribution in [2.75, 3.05) is 18.1 Å². The van der Waals surface area contributed by atoms with Crippen LogP contribution in [0.1, 0.15) is 26.3 Å². The Hall–Kier alpha value is -2.83. The molecule has 0 atom stereocenters. The van der Waals surface area contributed by atoms with Crippen LogP contribution in [0.4, 0.5) is 30.8 Å². The van der Waals surface area contributed by atoms with E-state index in [4.69, 9.17) is 17.3 Å². The number of rotatable bonds is 5. The van der Waals surface area contributed by atoms with E-state index < -0.39 is 27.3 Å². The van der Waals surface area contributed by atoms with Gasteiger partial charge in [-0.1, -0.05) is 23.7 Å². The number of nitrogen functional groups attached to an aromatic ring is 1. The van der Waals surface area contributed by atoms with Crippen LogP contribution in [0.15, 0.2) is 41.3 Å². The molecule has 1 heterocycles. The van der Waals surface area contributed by atoms with Crippen molar-refractivity contribution in [3.05, 3.63) is 47.0 Å². The summed E-state index contributed by atoms with van der Waals surface area (Å²) in [4.78, 5) is 3.63. The Bertz CT molecular complexity index is 1290. The predicted octanol–water partition coefficient (Wildman–Crippen LogP) is 4.89. The number of aromatic amines is 1. The normalized spacial score (nSPS) is 12.9. The molecular formula is C20H22ClF3N6O2S. The zero-order valence-corrected chi connectivity index (χ0v) is 19.7. The number of benzene rings is 2. The van der Waals surface area contributed by atoms with Gasteiger partial charge >= 0.3 is 6.18 Å². The molecule has 0 unspecified atom stereocenters. The maximum atomic E-state index is 14.0. The van der Waals surface area contributed by atoms with E-state index >= 15 is 0 Å². The molecule has 0 aliphatic carbocycles. The molecule has 0 spiro atoms. The van der Waals surface area contributed by atoms with Gasteiger partial charge in [0.15, 0.2) is 0 Å². The third-order valence-corrected chi connectivity index (χ3v) is 7.30. The van der Waals surface area contributed by atoms with Crippen LogP contribution in [0, 0.1) is 0 Å². The SMILES string of the molecule is CN(C(C)(C)C)S(=O)(=O)c1cccc(-c2c(Cl)cc(Nc3n[nH]c(N)n3)cc2C(F)(F)F)c1. The summed E-state index contributed by atoms with van der Waals surface area (Å²) in [7, 11) is -2.56. The van der Waals surface area contributed by atoms with E-state index in [1.54, 1.807) is 20.8 Å². The standard InChI is InChI=1S/C20H22ClF3N6O2S/c1-19(2,3)30(4)33(31,32)13-7-5-6-11(8-13)16-14(20(22,23)24)9-12(10-15(16)21)26-18-27-17(25)28-29-18/h5-10H,1-4H3,(H4,25,26,27,28,29). The van der Waals surface area contributed by atoms with Gasteiger partial charge in [-0.2, -0.15) is 22.5 Å². The summed E-state index contributed by atoms with van der Waals surface area (Å²) < 4.78 is 69.2. The topological polar surface area (TPSA) is 117 Å². The lowest BCUT2D eigenvalue weighted by Crippen LogP contribution is -2.42. The second-order valence-corrected chi connectivity index (χ2v) is 10.6. The highest BCUT2D eigenvalue weighted by atomic mass is 35.5. The van der Waals surface area contributed by atoms with Gasteiger partial charge in [-0.15, -0.1) is 5.10 Å². The van der Waals surface area contributed by atoms with Crippen molar-refractivity contribution >= 4 is 39.2 Å². The van der Waals surface area contributed by atoms with Crippen molar-refractivity contribution in [3.8, 4) is 11.1 Å². The van der Waals surface area contributed by atoms with Crippen LogP contribution in [0.25, 0.3) is 11.1 Å². The number of nitrogens with one attached hydrogen (secondary N) is 2. The molecule has 3 aromatic rings. The highest BCUT2D eigenvalue weighted by molar-refractivity contribution is 7.89. The number of alkyl halides is 3. The van der Waals surface area contributed by atoms with Crippen molar-refractivity contribution in [1.82, 2.24) is 19.5 Å². The minimum Gasteiger partial charge on any atom is -0.368 e. The lowest BCUT2D eigenvalue weighted by Gasteiger charge is -2.31. The minimum atomic E-state index is -4.79. The molecule has 0 amide bonds. The van der Waals surface area contributed by atoms with Crippen LogP contribution in [-0.4, -0.2) is 40.5 Å². The third-order valence-electron chi connectivity index (χ3n) is 4.88. The molecule has 0 saturated carbocycles. The molecule has 0 bridgehead atoms. The fraction of sp³-hybridized carbons (Fsp3) is 0.300. The molecule has 33 heavy (non-hydrogen) atoms. The van der Waals surface area contributed by atoms with E-state index in [0.717, 1.165) is 10.4 Å². The first-order valence-electron chi connectivity index (χ1n) is 9.56. The molecule has 1 aromatic heterocycles. The van der Waals surface area contributed by atoms with Crippen molar-refractivity contribution in [3.63, 3.8) is 0 Å². The Labute approximate surface area is 194 Å². The van der Waals surface area contributed by atoms with E-state index in [9.17, 15) is 21.6 Å². The Morgan fingerprint density at radius 2 is 1.82 bits per heavy atom. The molecule has 178 valence electrons. The van der Waals surface area contributed by atoms with Gasteiger partial charge in [0.05, 0.1) is 15.5 Å². The van der Waals surface area contributed by atoms with Crippen LogP contribution in [0.5, 0.6) is 0 Å². The number of halogens is 4. The maximum absolute atomic E-state index is 14.0. The first-order valence-corrected chi connectivity index (χ1v) is 11.4. The average molecular weight is 503 g/mol. The molecule has 13 heteroatoms. The summed E-state index contributed by atoms with van der Waals surface area (Å²) in [5, 5.41) is 8.45. The van der Waals surface area contributed by atoms with Crippen molar-refractivity contribution in [2.45, 2.75) is 37.4 Å². The van der Waals surface area contributed by atoms with Crippen LogP contribution < -0.4 is 11.1 Å². The van der Waals surface area contributed by atoms with Gasteiger partial charge in [0.2, 0.25) is 21.9 Å². The van der Waals surface area contributed by atoms with E-state index in [2.05, 4.69) is 20.5 Å². The van der Waals surface area contributed by atoms with E-state index in [-0.39, 0.29) is 38.6 Å². The molecule has 0 aliphatic rings. The van der Waals surface area contributed by atoms with Gasteiger partial charge in [0, 0.05) is 23.8 Å². The molecule has 0 saturated heterocycles. The van der Waals surface area contributed by atoms with E-state index in [1.807, 2.05) is 0 Å². The first kappa shape index (κ1) is 24.8. The van der Waals surface area contributed by atoms with Crippen LogP contribution in [0.2, 0.25) is 5.02 Å². The summed E-state index contributed by atoms with van der Waals surface area (Å²) in [6.07, 6.45) is -4.79. The maximum Gasteiger partial charge on any atom is 0.417 e. The number of nitrogens with zero attached hydrogens (tertiary/aromatic N) is 3. The zero-order chi connectivity index (χ0) is 24.8. The largest absolute Gasteiger partial charge is 0.417 e. The molecule has 0 radical (unpaired) electrons.